The van der Waals surface area contributed by atoms with Gasteiger partial charge in [0, 0.05) is 26.0 Å². The Kier molecular flexibility index (Phi) is 6.34. The van der Waals surface area contributed by atoms with Crippen LogP contribution in [0.4, 0.5) is 0 Å². The van der Waals surface area contributed by atoms with Crippen molar-refractivity contribution >= 4 is 27.5 Å². The topological polar surface area (TPSA) is 39.1 Å². The van der Waals surface area contributed by atoms with E-state index >= 15 is 0 Å². The Morgan fingerprint density at radius 1 is 1.50 bits per heavy atom. The molecule has 0 atom stereocenters. The molecule has 1 heterocycles. The molecule has 92 valence electrons. The van der Waals surface area contributed by atoms with Gasteiger partial charge in [0.1, 0.15) is 0 Å². The summed E-state index contributed by atoms with van der Waals surface area (Å²) in [7, 11) is 1.94. The smallest absolute Gasteiger partial charge is 0.0739 e. The lowest BCUT2D eigenvalue weighted by Gasteiger charge is -2.06. The van der Waals surface area contributed by atoms with Gasteiger partial charge in [-0.3, -0.25) is 4.68 Å². The molecule has 1 rings (SSSR count). The van der Waals surface area contributed by atoms with Gasteiger partial charge < -0.3 is 10.1 Å². The lowest BCUT2D eigenvalue weighted by Crippen LogP contribution is -2.21. The van der Waals surface area contributed by atoms with Gasteiger partial charge in [0.2, 0.25) is 0 Å². The first-order chi connectivity index (χ1) is 7.66. The molecule has 0 radical (unpaired) electrons. The van der Waals surface area contributed by atoms with Crippen LogP contribution >= 0.6 is 27.5 Å². The summed E-state index contributed by atoms with van der Waals surface area (Å²) in [4.78, 5) is 0. The predicted molar refractivity (Wildman–Crippen MR) is 68.9 cm³/mol. The van der Waals surface area contributed by atoms with Crippen molar-refractivity contribution in [1.29, 1.82) is 0 Å². The summed E-state index contributed by atoms with van der Waals surface area (Å²) in [6.07, 6.45) is 0. The van der Waals surface area contributed by atoms with Crippen LogP contribution < -0.4 is 5.32 Å². The number of alkyl halides is 1. The van der Waals surface area contributed by atoms with Crippen molar-refractivity contribution in [2.75, 3.05) is 25.6 Å². The molecule has 0 aliphatic carbocycles. The quantitative estimate of drug-likeness (QED) is 0.617. The number of nitrogens with zero attached hydrogens (tertiary/aromatic N) is 2. The molecule has 0 saturated heterocycles. The maximum atomic E-state index is 5.49. The molecule has 0 fully saturated rings. The van der Waals surface area contributed by atoms with Crippen LogP contribution in [-0.4, -0.2) is 35.4 Å². The fourth-order valence-corrected chi connectivity index (χ4v) is 1.97. The lowest BCUT2D eigenvalue weighted by molar-refractivity contribution is 0.150. The molecule has 0 spiro atoms. The highest BCUT2D eigenvalue weighted by atomic mass is 79.9. The molecule has 16 heavy (non-hydrogen) atoms. The fourth-order valence-electron chi connectivity index (χ4n) is 1.38. The first-order valence-electron chi connectivity index (χ1n) is 5.19. The van der Waals surface area contributed by atoms with Gasteiger partial charge in [0.15, 0.2) is 0 Å². The second-order valence-electron chi connectivity index (χ2n) is 3.45. The number of hydrogen-bond donors (Lipinski definition) is 1. The minimum absolute atomic E-state index is 0.548. The van der Waals surface area contributed by atoms with Crippen molar-refractivity contribution < 1.29 is 4.74 Å². The summed E-state index contributed by atoms with van der Waals surface area (Å²) in [5.41, 5.74) is 2.16. The third kappa shape index (κ3) is 4.05. The van der Waals surface area contributed by atoms with Gasteiger partial charge in [-0.1, -0.05) is 0 Å². The van der Waals surface area contributed by atoms with Crippen LogP contribution in [-0.2, 0) is 18.3 Å². The zero-order valence-corrected chi connectivity index (χ0v) is 11.9. The molecule has 6 heteroatoms. The van der Waals surface area contributed by atoms with Gasteiger partial charge in [-0.2, -0.15) is 5.10 Å². The number of rotatable bonds is 7. The molecule has 0 aromatic carbocycles. The van der Waals surface area contributed by atoms with Crippen molar-refractivity contribution in [3.63, 3.8) is 0 Å². The highest BCUT2D eigenvalue weighted by Gasteiger charge is 2.09. The largest absolute Gasteiger partial charge is 0.379 e. The van der Waals surface area contributed by atoms with Crippen LogP contribution in [0.1, 0.15) is 11.4 Å². The molecule has 1 N–H and O–H groups in total. The standard InChI is InChI=1S/C10H17BrClN3O/c1-8-10(11)9(15(2)14-8)7-13-4-6-16-5-3-12/h13H,3-7H2,1-2H3. The number of hydrogen-bond acceptors (Lipinski definition) is 3. The average Bonchev–Trinajstić information content (AvgIpc) is 2.49. The maximum absolute atomic E-state index is 5.49. The van der Waals surface area contributed by atoms with Crippen molar-refractivity contribution in [3.05, 3.63) is 15.9 Å². The molecule has 0 aliphatic heterocycles. The molecule has 1 aromatic heterocycles. The Morgan fingerprint density at radius 2 is 2.25 bits per heavy atom. The number of ether oxygens (including phenoxy) is 1. The van der Waals surface area contributed by atoms with E-state index in [1.54, 1.807) is 0 Å². The minimum atomic E-state index is 0.548. The van der Waals surface area contributed by atoms with E-state index < -0.39 is 0 Å². The van der Waals surface area contributed by atoms with Crippen LogP contribution in [0.2, 0.25) is 0 Å². The number of nitrogens with one attached hydrogen (secondary N) is 1. The first-order valence-corrected chi connectivity index (χ1v) is 6.52. The van der Waals surface area contributed by atoms with E-state index in [9.17, 15) is 0 Å². The molecule has 0 amide bonds. The Labute approximate surface area is 109 Å². The summed E-state index contributed by atoms with van der Waals surface area (Å²) in [5, 5.41) is 7.62. The Bertz CT molecular complexity index is 330. The van der Waals surface area contributed by atoms with E-state index in [-0.39, 0.29) is 0 Å². The third-order valence-corrected chi connectivity index (χ3v) is 3.38. The van der Waals surface area contributed by atoms with E-state index in [0.29, 0.717) is 19.1 Å². The molecule has 4 nitrogen and oxygen atoms in total. The molecule has 1 aromatic rings. The van der Waals surface area contributed by atoms with E-state index in [1.165, 1.54) is 0 Å². The first kappa shape index (κ1) is 14.0. The minimum Gasteiger partial charge on any atom is -0.379 e. The molecule has 0 aliphatic rings. The van der Waals surface area contributed by atoms with Gasteiger partial charge in [-0.25, -0.2) is 0 Å². The van der Waals surface area contributed by atoms with Crippen LogP contribution in [0.25, 0.3) is 0 Å². The predicted octanol–water partition coefficient (Wildman–Crippen LogP) is 1.84. The highest BCUT2D eigenvalue weighted by Crippen LogP contribution is 2.19. The van der Waals surface area contributed by atoms with Gasteiger partial charge in [-0.05, 0) is 22.9 Å². The highest BCUT2D eigenvalue weighted by molar-refractivity contribution is 9.10. The molecule has 0 bridgehead atoms. The van der Waals surface area contributed by atoms with Crippen molar-refractivity contribution in [3.8, 4) is 0 Å². The third-order valence-electron chi connectivity index (χ3n) is 2.20. The van der Waals surface area contributed by atoms with Crippen LogP contribution in [0.5, 0.6) is 0 Å². The summed E-state index contributed by atoms with van der Waals surface area (Å²) >= 11 is 9.01. The van der Waals surface area contributed by atoms with Crippen LogP contribution in [0.15, 0.2) is 4.47 Å². The van der Waals surface area contributed by atoms with Crippen molar-refractivity contribution in [2.45, 2.75) is 13.5 Å². The zero-order valence-electron chi connectivity index (χ0n) is 9.59. The summed E-state index contributed by atoms with van der Waals surface area (Å²) in [6.45, 7) is 4.87. The van der Waals surface area contributed by atoms with Gasteiger partial charge in [0.05, 0.1) is 29.1 Å². The Balaban J connectivity index is 2.26. The summed E-state index contributed by atoms with van der Waals surface area (Å²) < 4.78 is 8.21. The average molecular weight is 311 g/mol. The fraction of sp³-hybridized carbons (Fsp3) is 0.700. The molecule has 0 unspecified atom stereocenters. The van der Waals surface area contributed by atoms with Gasteiger partial charge >= 0.3 is 0 Å². The monoisotopic (exact) mass is 309 g/mol. The van der Waals surface area contributed by atoms with Gasteiger partial charge in [-0.15, -0.1) is 11.6 Å². The second kappa shape index (κ2) is 7.27. The summed E-state index contributed by atoms with van der Waals surface area (Å²) in [5.74, 6) is 0.548. The SMILES string of the molecule is Cc1nn(C)c(CNCCOCCCl)c1Br. The van der Waals surface area contributed by atoms with Crippen LogP contribution in [0.3, 0.4) is 0 Å². The number of aryl methyl sites for hydroxylation is 2. The number of halogens is 2. The normalized spacial score (nSPS) is 11.0. The Hall–Kier alpha value is -0.100. The zero-order chi connectivity index (χ0) is 12.0. The second-order valence-corrected chi connectivity index (χ2v) is 4.62. The van der Waals surface area contributed by atoms with Gasteiger partial charge in [0.25, 0.3) is 0 Å². The van der Waals surface area contributed by atoms with Crippen molar-refractivity contribution in [1.82, 2.24) is 15.1 Å². The van der Waals surface area contributed by atoms with E-state index in [2.05, 4.69) is 26.3 Å². The summed E-state index contributed by atoms with van der Waals surface area (Å²) in [6, 6.07) is 0. The maximum Gasteiger partial charge on any atom is 0.0739 e. The van der Waals surface area contributed by atoms with E-state index in [4.69, 9.17) is 16.3 Å². The lowest BCUT2D eigenvalue weighted by atomic mass is 10.3. The molecular weight excluding hydrogens is 293 g/mol. The van der Waals surface area contributed by atoms with E-state index in [0.717, 1.165) is 29.0 Å². The Morgan fingerprint density at radius 3 is 2.81 bits per heavy atom. The van der Waals surface area contributed by atoms with E-state index in [1.807, 2.05) is 18.7 Å². The van der Waals surface area contributed by atoms with Crippen molar-refractivity contribution in [2.24, 2.45) is 7.05 Å². The molecule has 0 saturated carbocycles. The van der Waals surface area contributed by atoms with Crippen LogP contribution in [0, 0.1) is 6.92 Å². The number of aromatic nitrogens is 2. The molecular formula is C10H17BrClN3O.